The maximum absolute atomic E-state index is 12.7. The molecule has 0 spiro atoms. The Hall–Kier alpha value is -3.68. The second-order valence-corrected chi connectivity index (χ2v) is 6.78. The number of hydrogen-bond donors (Lipinski definition) is 1. The van der Waals surface area contributed by atoms with E-state index in [9.17, 15) is 14.9 Å². The summed E-state index contributed by atoms with van der Waals surface area (Å²) in [7, 11) is 0. The van der Waals surface area contributed by atoms with Gasteiger partial charge < -0.3 is 14.6 Å². The molecule has 0 atom stereocenters. The normalized spacial score (nSPS) is 10.6. The highest BCUT2D eigenvalue weighted by Crippen LogP contribution is 2.27. The smallest absolute Gasteiger partial charge is 0.293 e. The molecule has 3 rings (SSSR count). The lowest BCUT2D eigenvalue weighted by Gasteiger charge is -2.11. The van der Waals surface area contributed by atoms with Crippen molar-refractivity contribution in [1.82, 2.24) is 5.16 Å². The number of aryl methyl sites for hydroxylation is 3. The first-order valence-electron chi connectivity index (χ1n) is 8.98. The number of carbonyl (C=O) groups is 1. The van der Waals surface area contributed by atoms with Gasteiger partial charge in [-0.2, -0.15) is 0 Å². The molecule has 0 radical (unpaired) electrons. The maximum Gasteiger partial charge on any atom is 0.293 e. The Bertz CT molecular complexity index is 1090. The standard InChI is InChI=1S/C21H21N3O5/c1-12-8-9-17(18(10-12)24(26)27)22-21(25)20-16(15(4)29-23-20)11-28-19-7-5-6-13(2)14(19)3/h5-10H,11H2,1-4H3,(H,22,25). The monoisotopic (exact) mass is 395 g/mol. The number of rotatable bonds is 6. The van der Waals surface area contributed by atoms with Crippen LogP contribution < -0.4 is 10.1 Å². The summed E-state index contributed by atoms with van der Waals surface area (Å²) in [5, 5.41) is 17.7. The highest BCUT2D eigenvalue weighted by molar-refractivity contribution is 6.05. The van der Waals surface area contributed by atoms with Crippen molar-refractivity contribution in [2.24, 2.45) is 0 Å². The highest BCUT2D eigenvalue weighted by Gasteiger charge is 2.23. The third kappa shape index (κ3) is 4.26. The number of nitrogens with zero attached hydrogens (tertiary/aromatic N) is 2. The maximum atomic E-state index is 12.7. The lowest BCUT2D eigenvalue weighted by molar-refractivity contribution is -0.384. The van der Waals surface area contributed by atoms with Crippen LogP contribution in [0, 0.1) is 37.8 Å². The largest absolute Gasteiger partial charge is 0.488 e. The van der Waals surface area contributed by atoms with Crippen LogP contribution in [0.5, 0.6) is 5.75 Å². The number of amides is 1. The number of ether oxygens (including phenoxy) is 1. The lowest BCUT2D eigenvalue weighted by Crippen LogP contribution is -2.16. The first-order valence-corrected chi connectivity index (χ1v) is 8.98. The molecule has 0 fully saturated rings. The van der Waals surface area contributed by atoms with Crippen molar-refractivity contribution in [3.8, 4) is 5.75 Å². The van der Waals surface area contributed by atoms with E-state index in [1.807, 2.05) is 32.0 Å². The second kappa shape index (κ2) is 8.14. The fourth-order valence-electron chi connectivity index (χ4n) is 2.85. The van der Waals surface area contributed by atoms with Gasteiger partial charge in [-0.3, -0.25) is 14.9 Å². The highest BCUT2D eigenvalue weighted by atomic mass is 16.6. The molecule has 2 aromatic carbocycles. The molecule has 0 aliphatic heterocycles. The van der Waals surface area contributed by atoms with Crippen LogP contribution in [0.3, 0.4) is 0 Å². The number of benzene rings is 2. The quantitative estimate of drug-likeness (QED) is 0.481. The van der Waals surface area contributed by atoms with Gasteiger partial charge in [0.2, 0.25) is 0 Å². The molecular formula is C21H21N3O5. The molecule has 0 aliphatic rings. The van der Waals surface area contributed by atoms with Crippen molar-refractivity contribution >= 4 is 17.3 Å². The summed E-state index contributed by atoms with van der Waals surface area (Å²) < 4.78 is 11.0. The molecule has 1 N–H and O–H groups in total. The van der Waals surface area contributed by atoms with Gasteiger partial charge in [0.25, 0.3) is 11.6 Å². The molecule has 29 heavy (non-hydrogen) atoms. The molecule has 0 unspecified atom stereocenters. The van der Waals surface area contributed by atoms with E-state index in [1.54, 1.807) is 19.9 Å². The topological polar surface area (TPSA) is 108 Å². The number of anilines is 1. The van der Waals surface area contributed by atoms with Gasteiger partial charge >= 0.3 is 0 Å². The van der Waals surface area contributed by atoms with Crippen molar-refractivity contribution in [1.29, 1.82) is 0 Å². The molecule has 3 aromatic rings. The van der Waals surface area contributed by atoms with Crippen molar-refractivity contribution in [2.75, 3.05) is 5.32 Å². The summed E-state index contributed by atoms with van der Waals surface area (Å²) in [5.41, 5.74) is 3.23. The van der Waals surface area contributed by atoms with Crippen LogP contribution in [0.25, 0.3) is 0 Å². The Morgan fingerprint density at radius 3 is 2.69 bits per heavy atom. The van der Waals surface area contributed by atoms with Crippen molar-refractivity contribution in [2.45, 2.75) is 34.3 Å². The second-order valence-electron chi connectivity index (χ2n) is 6.78. The van der Waals surface area contributed by atoms with Gasteiger partial charge in [-0.05, 0) is 56.5 Å². The average molecular weight is 395 g/mol. The van der Waals surface area contributed by atoms with Crippen molar-refractivity contribution in [3.05, 3.63) is 80.2 Å². The summed E-state index contributed by atoms with van der Waals surface area (Å²) in [4.78, 5) is 23.5. The number of aromatic nitrogens is 1. The zero-order valence-electron chi connectivity index (χ0n) is 16.6. The number of nitrogens with one attached hydrogen (secondary N) is 1. The zero-order valence-corrected chi connectivity index (χ0v) is 16.6. The number of hydrogen-bond acceptors (Lipinski definition) is 6. The van der Waals surface area contributed by atoms with E-state index in [2.05, 4.69) is 10.5 Å². The van der Waals surface area contributed by atoms with E-state index in [4.69, 9.17) is 9.26 Å². The Morgan fingerprint density at radius 1 is 1.21 bits per heavy atom. The minimum Gasteiger partial charge on any atom is -0.488 e. The van der Waals surface area contributed by atoms with E-state index in [-0.39, 0.29) is 23.7 Å². The van der Waals surface area contributed by atoms with Crippen LogP contribution in [-0.4, -0.2) is 16.0 Å². The van der Waals surface area contributed by atoms with Crippen LogP contribution in [0.1, 0.15) is 38.5 Å². The number of nitro benzene ring substituents is 1. The number of nitro groups is 1. The van der Waals surface area contributed by atoms with Crippen LogP contribution in [0.15, 0.2) is 40.9 Å². The number of carbonyl (C=O) groups excluding carboxylic acids is 1. The average Bonchev–Trinajstić information content (AvgIpc) is 3.05. The minimum absolute atomic E-state index is 0.0303. The SMILES string of the molecule is Cc1ccc(NC(=O)c2noc(C)c2COc2cccc(C)c2C)c([N+](=O)[O-])c1. The van der Waals surface area contributed by atoms with Gasteiger partial charge in [-0.15, -0.1) is 0 Å². The predicted molar refractivity (Wildman–Crippen MR) is 107 cm³/mol. The molecule has 8 nitrogen and oxygen atoms in total. The third-order valence-electron chi connectivity index (χ3n) is 4.72. The van der Waals surface area contributed by atoms with Crippen LogP contribution in [0.4, 0.5) is 11.4 Å². The molecule has 0 saturated carbocycles. The van der Waals surface area contributed by atoms with E-state index < -0.39 is 10.8 Å². The fourth-order valence-corrected chi connectivity index (χ4v) is 2.85. The van der Waals surface area contributed by atoms with Gasteiger partial charge in [0, 0.05) is 6.07 Å². The van der Waals surface area contributed by atoms with Gasteiger partial charge in [-0.1, -0.05) is 23.4 Å². The summed E-state index contributed by atoms with van der Waals surface area (Å²) >= 11 is 0. The first kappa shape index (κ1) is 20.1. The van der Waals surface area contributed by atoms with Gasteiger partial charge in [0.05, 0.1) is 10.5 Å². The van der Waals surface area contributed by atoms with Crippen molar-refractivity contribution in [3.63, 3.8) is 0 Å². The Morgan fingerprint density at radius 2 is 1.97 bits per heavy atom. The zero-order chi connectivity index (χ0) is 21.1. The van der Waals surface area contributed by atoms with Crippen LogP contribution >= 0.6 is 0 Å². The first-order chi connectivity index (χ1) is 13.8. The summed E-state index contributed by atoms with van der Waals surface area (Å²) in [5.74, 6) is 0.540. The molecule has 1 aromatic heterocycles. The van der Waals surface area contributed by atoms with Gasteiger partial charge in [0.15, 0.2) is 5.69 Å². The molecule has 1 heterocycles. The third-order valence-corrected chi connectivity index (χ3v) is 4.72. The van der Waals surface area contributed by atoms with E-state index >= 15 is 0 Å². The Labute approximate surface area is 167 Å². The summed E-state index contributed by atoms with van der Waals surface area (Å²) in [6.45, 7) is 7.44. The molecule has 150 valence electrons. The lowest BCUT2D eigenvalue weighted by atomic mass is 10.1. The Balaban J connectivity index is 1.83. The van der Waals surface area contributed by atoms with E-state index in [0.717, 1.165) is 16.7 Å². The molecule has 0 bridgehead atoms. The molecule has 8 heteroatoms. The fraction of sp³-hybridized carbons (Fsp3) is 0.238. The van der Waals surface area contributed by atoms with Crippen LogP contribution in [-0.2, 0) is 6.61 Å². The summed E-state index contributed by atoms with van der Waals surface area (Å²) in [6, 6.07) is 10.3. The van der Waals surface area contributed by atoms with E-state index in [0.29, 0.717) is 17.1 Å². The predicted octanol–water partition coefficient (Wildman–Crippen LogP) is 4.65. The van der Waals surface area contributed by atoms with Crippen molar-refractivity contribution < 1.29 is 19.0 Å². The van der Waals surface area contributed by atoms with Gasteiger partial charge in [-0.25, -0.2) is 0 Å². The molecule has 0 saturated heterocycles. The van der Waals surface area contributed by atoms with Crippen LogP contribution in [0.2, 0.25) is 0 Å². The minimum atomic E-state index is -0.603. The van der Waals surface area contributed by atoms with Gasteiger partial charge in [0.1, 0.15) is 23.8 Å². The molecule has 0 aliphatic carbocycles. The molecule has 1 amide bonds. The van der Waals surface area contributed by atoms with E-state index in [1.165, 1.54) is 12.1 Å². The molecular weight excluding hydrogens is 374 g/mol. The summed E-state index contributed by atoms with van der Waals surface area (Å²) in [6.07, 6.45) is 0. The Kier molecular flexibility index (Phi) is 5.63.